The smallest absolute Gasteiger partial charge is 0.350 e. The van der Waals surface area contributed by atoms with Gasteiger partial charge in [0, 0.05) is 25.5 Å². The highest BCUT2D eigenvalue weighted by molar-refractivity contribution is 7.80. The predicted octanol–water partition coefficient (Wildman–Crippen LogP) is 15.3. The summed E-state index contributed by atoms with van der Waals surface area (Å²) in [5.74, 6) is -0.760. The van der Waals surface area contributed by atoms with Crippen LogP contribution in [0.5, 0.6) is 0 Å². The largest absolute Gasteiger partial charge is 0.416 e. The van der Waals surface area contributed by atoms with Crippen molar-refractivity contribution >= 4 is 57.8 Å². The minimum absolute atomic E-state index is 0.0331. The van der Waals surface area contributed by atoms with Gasteiger partial charge in [0.2, 0.25) is 11.8 Å². The SMILES string of the molecule is CN(C(=O)[C@@H](NC(=S)Nc1cc(C(F)(F)F)cc(C(F)(F)F)c1)C(C)(C)C)C(c1ccccc1)c1ccccc1.CN(C(=O)[C@@H](NC(=S)Nc1cc(C(F)(F)F)cc(C(F)(F)F)c1)C(C)(C)C)C(c1ccccc1)c1ccccc1. The van der Waals surface area contributed by atoms with E-state index >= 15 is 0 Å². The van der Waals surface area contributed by atoms with Crippen LogP contribution >= 0.6 is 24.4 Å². The average Bonchev–Trinajstić information content (AvgIpc) is 3.36. The second-order valence-corrected chi connectivity index (χ2v) is 21.5. The number of carbonyl (C=O) groups is 2. The average molecular weight is 1160 g/mol. The highest BCUT2D eigenvalue weighted by Gasteiger charge is 2.41. The lowest BCUT2D eigenvalue weighted by atomic mass is 9.85. The lowest BCUT2D eigenvalue weighted by Gasteiger charge is -2.37. The third-order valence-electron chi connectivity index (χ3n) is 12.4. The normalized spacial score (nSPS) is 13.1. The summed E-state index contributed by atoms with van der Waals surface area (Å²) in [7, 11) is 3.26. The first kappa shape index (κ1) is 63.6. The minimum atomic E-state index is -5.01. The van der Waals surface area contributed by atoms with E-state index in [-0.39, 0.29) is 34.2 Å². The van der Waals surface area contributed by atoms with Gasteiger partial charge in [-0.3, -0.25) is 9.59 Å². The van der Waals surface area contributed by atoms with E-state index < -0.39 is 93.3 Å². The zero-order chi connectivity index (χ0) is 59.8. The number of anilines is 2. The number of nitrogens with one attached hydrogen (secondary N) is 4. The number of nitrogens with zero attached hydrogens (tertiary/aromatic N) is 2. The first-order valence-electron chi connectivity index (χ1n) is 24.4. The number of halogens is 12. The van der Waals surface area contributed by atoms with E-state index in [9.17, 15) is 62.3 Å². The van der Waals surface area contributed by atoms with Gasteiger partial charge in [0.25, 0.3) is 0 Å². The summed E-state index contributed by atoms with van der Waals surface area (Å²) in [5.41, 5.74) is -5.06. The molecule has 8 nitrogen and oxygen atoms in total. The lowest BCUT2D eigenvalue weighted by molar-refractivity contribution is -0.144. The number of rotatable bonds is 12. The zero-order valence-corrected chi connectivity index (χ0v) is 46.0. The van der Waals surface area contributed by atoms with Crippen LogP contribution in [0.25, 0.3) is 0 Å². The number of hydrogen-bond acceptors (Lipinski definition) is 4. The molecule has 0 aliphatic carbocycles. The van der Waals surface area contributed by atoms with Crippen LogP contribution in [-0.2, 0) is 34.3 Å². The molecule has 0 heterocycles. The molecular formula is C58H58F12N6O2S2. The van der Waals surface area contributed by atoms with Gasteiger partial charge in [-0.1, -0.05) is 163 Å². The maximum Gasteiger partial charge on any atom is 0.416 e. The molecule has 0 saturated heterocycles. The van der Waals surface area contributed by atoms with E-state index in [1.807, 2.05) is 121 Å². The van der Waals surface area contributed by atoms with Crippen LogP contribution in [0.2, 0.25) is 0 Å². The topological polar surface area (TPSA) is 88.7 Å². The molecule has 80 heavy (non-hydrogen) atoms. The van der Waals surface area contributed by atoms with E-state index in [1.54, 1.807) is 65.4 Å². The summed E-state index contributed by atoms with van der Waals surface area (Å²) in [5, 5.41) is 9.86. The molecule has 0 bridgehead atoms. The molecule has 6 aromatic rings. The number of likely N-dealkylation sites (N-methyl/N-ethyl adjacent to an activating group) is 2. The maximum atomic E-state index is 13.9. The molecule has 0 aliphatic heterocycles. The molecule has 0 spiro atoms. The van der Waals surface area contributed by atoms with Crippen molar-refractivity contribution in [1.29, 1.82) is 0 Å². The van der Waals surface area contributed by atoms with Crippen molar-refractivity contribution in [1.82, 2.24) is 20.4 Å². The molecule has 0 aliphatic rings. The highest BCUT2D eigenvalue weighted by atomic mass is 32.1. The molecule has 2 atom stereocenters. The Hall–Kier alpha value is -7.20. The predicted molar refractivity (Wildman–Crippen MR) is 293 cm³/mol. The molecule has 6 aromatic carbocycles. The van der Waals surface area contributed by atoms with E-state index in [4.69, 9.17) is 24.4 Å². The van der Waals surface area contributed by atoms with Gasteiger partial charge in [-0.05, 0) is 93.9 Å². The number of thiocarbonyl (C=S) groups is 2. The molecule has 2 amide bonds. The van der Waals surface area contributed by atoms with E-state index in [0.717, 1.165) is 22.3 Å². The minimum Gasteiger partial charge on any atom is -0.350 e. The van der Waals surface area contributed by atoms with Crippen molar-refractivity contribution < 1.29 is 62.3 Å². The third kappa shape index (κ3) is 17.4. The van der Waals surface area contributed by atoms with Gasteiger partial charge in [0.1, 0.15) is 12.1 Å². The molecule has 0 saturated carbocycles. The molecule has 0 aromatic heterocycles. The van der Waals surface area contributed by atoms with Crippen LogP contribution in [0, 0.1) is 10.8 Å². The van der Waals surface area contributed by atoms with Gasteiger partial charge < -0.3 is 31.1 Å². The van der Waals surface area contributed by atoms with Crippen LogP contribution in [0.15, 0.2) is 158 Å². The molecular weight excluding hydrogens is 1100 g/mol. The highest BCUT2D eigenvalue weighted by Crippen LogP contribution is 2.40. The van der Waals surface area contributed by atoms with E-state index in [0.29, 0.717) is 24.3 Å². The molecule has 0 fully saturated rings. The van der Waals surface area contributed by atoms with Gasteiger partial charge >= 0.3 is 24.7 Å². The second-order valence-electron chi connectivity index (χ2n) is 20.7. The van der Waals surface area contributed by atoms with Crippen LogP contribution < -0.4 is 21.3 Å². The molecule has 22 heteroatoms. The van der Waals surface area contributed by atoms with Crippen LogP contribution in [0.3, 0.4) is 0 Å². The fourth-order valence-electron chi connectivity index (χ4n) is 8.43. The van der Waals surface area contributed by atoms with Crippen molar-refractivity contribution in [2.24, 2.45) is 10.8 Å². The molecule has 0 unspecified atom stereocenters. The van der Waals surface area contributed by atoms with Crippen LogP contribution in [-0.4, -0.2) is 58.0 Å². The second kappa shape index (κ2) is 25.5. The Morgan fingerprint density at radius 3 is 0.787 bits per heavy atom. The summed E-state index contributed by atoms with van der Waals surface area (Å²) < 4.78 is 160. The Bertz CT molecular complexity index is 2710. The van der Waals surface area contributed by atoms with Crippen molar-refractivity contribution in [2.75, 3.05) is 24.7 Å². The number of amides is 2. The number of carbonyl (C=O) groups excluding carboxylic acids is 2. The third-order valence-corrected chi connectivity index (χ3v) is 12.8. The molecule has 6 rings (SSSR count). The van der Waals surface area contributed by atoms with Gasteiger partial charge in [-0.2, -0.15) is 52.7 Å². The van der Waals surface area contributed by atoms with Gasteiger partial charge in [0.15, 0.2) is 10.2 Å². The number of benzene rings is 6. The summed E-state index contributed by atoms with van der Waals surface area (Å²) in [6.07, 6.45) is -20.0. The summed E-state index contributed by atoms with van der Waals surface area (Å²) in [6, 6.07) is 36.6. The summed E-state index contributed by atoms with van der Waals surface area (Å²) in [4.78, 5) is 30.9. The van der Waals surface area contributed by atoms with Crippen molar-refractivity contribution in [2.45, 2.75) is 90.4 Å². The van der Waals surface area contributed by atoms with E-state index in [1.165, 1.54) is 0 Å². The zero-order valence-electron chi connectivity index (χ0n) is 44.4. The maximum absolute atomic E-state index is 13.9. The van der Waals surface area contributed by atoms with Gasteiger partial charge in [0.05, 0.1) is 34.3 Å². The van der Waals surface area contributed by atoms with Crippen LogP contribution in [0.4, 0.5) is 64.1 Å². The van der Waals surface area contributed by atoms with Crippen molar-refractivity contribution in [3.63, 3.8) is 0 Å². The monoisotopic (exact) mass is 1160 g/mol. The fraction of sp³-hybridized carbons (Fsp3) is 0.310. The first-order valence-corrected chi connectivity index (χ1v) is 25.3. The Balaban J connectivity index is 0.000000294. The Morgan fingerprint density at radius 1 is 0.388 bits per heavy atom. The van der Waals surface area contributed by atoms with Gasteiger partial charge in [-0.25, -0.2) is 0 Å². The fourth-order valence-corrected chi connectivity index (χ4v) is 8.90. The molecule has 0 radical (unpaired) electrons. The Kier molecular flexibility index (Phi) is 20.3. The van der Waals surface area contributed by atoms with E-state index in [2.05, 4.69) is 21.3 Å². The molecule has 428 valence electrons. The van der Waals surface area contributed by atoms with Crippen molar-refractivity contribution in [3.8, 4) is 0 Å². The summed E-state index contributed by atoms with van der Waals surface area (Å²) in [6.45, 7) is 10.6. The Morgan fingerprint density at radius 2 is 0.600 bits per heavy atom. The Labute approximate surface area is 466 Å². The lowest BCUT2D eigenvalue weighted by Crippen LogP contribution is -2.55. The number of hydrogen-bond donors (Lipinski definition) is 4. The van der Waals surface area contributed by atoms with Gasteiger partial charge in [-0.15, -0.1) is 0 Å². The number of alkyl halides is 12. The van der Waals surface area contributed by atoms with Crippen LogP contribution in [0.1, 0.15) is 98.1 Å². The summed E-state index contributed by atoms with van der Waals surface area (Å²) >= 11 is 10.5. The molecule has 4 N–H and O–H groups in total. The van der Waals surface area contributed by atoms with Crippen molar-refractivity contribution in [3.05, 3.63) is 202 Å². The quantitative estimate of drug-likeness (QED) is 0.0712. The standard InChI is InChI=1S/2C29H29F6N3OS/c2*1-27(2,3)24(25(39)38(4)23(18-11-7-5-8-12-18)19-13-9-6-10-14-19)37-26(40)36-22-16-20(28(30,31)32)15-21(17-22)29(33,34)35/h2*5-17,23-24H,1-4H3,(H2,36,37,40)/t2*24-/m11/s1. The first-order chi connectivity index (χ1) is 37.0.